The average molecular weight is 895 g/mol. The van der Waals surface area contributed by atoms with E-state index in [1.165, 1.54) is 83.1 Å². The van der Waals surface area contributed by atoms with E-state index in [1.807, 2.05) is 0 Å². The van der Waals surface area contributed by atoms with Gasteiger partial charge in [0.1, 0.15) is 0 Å². The SMILES string of the molecule is CC1(c2ccccc2)c2cccc(N(c3cccc(-c4cccc5c4c4ccccc4n5-c4ccccc4)c3)c3ccccc3-c3ccccc3-c3ccccc3-c3ccccc3)c2C2C=CC=CC21. The van der Waals surface area contributed by atoms with Crippen LogP contribution < -0.4 is 4.90 Å². The third kappa shape index (κ3) is 6.63. The molecule has 1 aromatic heterocycles. The van der Waals surface area contributed by atoms with E-state index < -0.39 is 0 Å². The van der Waals surface area contributed by atoms with E-state index in [2.05, 4.69) is 289 Å². The third-order valence-electron chi connectivity index (χ3n) is 15.2. The molecule has 0 radical (unpaired) electrons. The molecule has 3 unspecified atom stereocenters. The molecule has 2 aliphatic rings. The van der Waals surface area contributed by atoms with Crippen LogP contribution in [-0.2, 0) is 5.41 Å². The highest BCUT2D eigenvalue weighted by atomic mass is 15.1. The molecule has 13 rings (SSSR count). The first kappa shape index (κ1) is 41.5. The van der Waals surface area contributed by atoms with Crippen molar-refractivity contribution < 1.29 is 0 Å². The lowest BCUT2D eigenvalue weighted by atomic mass is 9.68. The lowest BCUT2D eigenvalue weighted by Crippen LogP contribution is -2.29. The predicted molar refractivity (Wildman–Crippen MR) is 295 cm³/mol. The van der Waals surface area contributed by atoms with E-state index in [0.29, 0.717) is 0 Å². The highest BCUT2D eigenvalue weighted by Crippen LogP contribution is 2.60. The first-order valence-corrected chi connectivity index (χ1v) is 24.5. The van der Waals surface area contributed by atoms with Gasteiger partial charge in [-0.2, -0.15) is 0 Å². The van der Waals surface area contributed by atoms with Gasteiger partial charge in [-0.15, -0.1) is 0 Å². The Bertz CT molecular complexity index is 3800. The summed E-state index contributed by atoms with van der Waals surface area (Å²) in [7, 11) is 0. The summed E-state index contributed by atoms with van der Waals surface area (Å²) in [5.74, 6) is 0.413. The molecule has 10 aromatic carbocycles. The zero-order valence-corrected chi connectivity index (χ0v) is 39.0. The Balaban J connectivity index is 1.06. The van der Waals surface area contributed by atoms with Gasteiger partial charge < -0.3 is 9.47 Å². The van der Waals surface area contributed by atoms with E-state index in [0.717, 1.165) is 22.6 Å². The Morgan fingerprint density at radius 2 is 0.957 bits per heavy atom. The van der Waals surface area contributed by atoms with E-state index in [1.54, 1.807) is 0 Å². The van der Waals surface area contributed by atoms with Crippen LogP contribution in [0.25, 0.3) is 72.0 Å². The zero-order chi connectivity index (χ0) is 46.6. The van der Waals surface area contributed by atoms with Crippen LogP contribution in [0.1, 0.15) is 29.5 Å². The number of allylic oxidation sites excluding steroid dienone is 4. The fraction of sp³-hybridized carbons (Fsp3) is 0.0588. The second-order valence-electron chi connectivity index (χ2n) is 18.9. The first-order chi connectivity index (χ1) is 34.7. The topological polar surface area (TPSA) is 8.17 Å². The molecule has 2 heteroatoms. The molecule has 0 spiro atoms. The maximum atomic E-state index is 2.57. The molecule has 0 amide bonds. The molecule has 0 saturated carbocycles. The van der Waals surface area contributed by atoms with E-state index in [9.17, 15) is 0 Å². The van der Waals surface area contributed by atoms with Crippen LogP contribution in [0.15, 0.2) is 273 Å². The minimum Gasteiger partial charge on any atom is -0.310 e. The van der Waals surface area contributed by atoms with Crippen molar-refractivity contribution in [3.63, 3.8) is 0 Å². The van der Waals surface area contributed by atoms with Crippen molar-refractivity contribution in [1.82, 2.24) is 4.57 Å². The number of nitrogens with zero attached hydrogens (tertiary/aromatic N) is 2. The van der Waals surface area contributed by atoms with Crippen molar-refractivity contribution in [2.75, 3.05) is 4.90 Å². The molecule has 0 N–H and O–H groups in total. The van der Waals surface area contributed by atoms with Crippen LogP contribution in [0.3, 0.4) is 0 Å². The molecule has 2 aliphatic carbocycles. The maximum Gasteiger partial charge on any atom is 0.0547 e. The molecule has 0 aliphatic heterocycles. The fourth-order valence-electron chi connectivity index (χ4n) is 12.1. The van der Waals surface area contributed by atoms with Gasteiger partial charge in [0, 0.05) is 45.0 Å². The molecule has 70 heavy (non-hydrogen) atoms. The number of para-hydroxylation sites is 3. The molecule has 0 saturated heterocycles. The van der Waals surface area contributed by atoms with Gasteiger partial charge in [-0.1, -0.05) is 231 Å². The molecule has 2 nitrogen and oxygen atoms in total. The number of hydrogen-bond donors (Lipinski definition) is 0. The van der Waals surface area contributed by atoms with Gasteiger partial charge in [0.15, 0.2) is 0 Å². The molecule has 0 fully saturated rings. The molecule has 0 bridgehead atoms. The van der Waals surface area contributed by atoms with Crippen molar-refractivity contribution in [1.29, 1.82) is 0 Å². The molecular weight excluding hydrogens is 845 g/mol. The summed E-state index contributed by atoms with van der Waals surface area (Å²) in [5.41, 5.74) is 20.3. The number of rotatable bonds is 9. The normalized spacial score (nSPS) is 16.9. The zero-order valence-electron chi connectivity index (χ0n) is 39.0. The van der Waals surface area contributed by atoms with Crippen LogP contribution in [-0.4, -0.2) is 4.57 Å². The summed E-state index contributed by atoms with van der Waals surface area (Å²) < 4.78 is 2.41. The Labute approximate surface area is 410 Å². The van der Waals surface area contributed by atoms with Crippen LogP contribution in [0, 0.1) is 5.92 Å². The largest absolute Gasteiger partial charge is 0.310 e. The Hall–Kier alpha value is -8.72. The number of aromatic nitrogens is 1. The summed E-state index contributed by atoms with van der Waals surface area (Å²) in [6.07, 6.45) is 9.41. The second kappa shape index (κ2) is 17.1. The van der Waals surface area contributed by atoms with E-state index in [4.69, 9.17) is 0 Å². The van der Waals surface area contributed by atoms with Gasteiger partial charge in [0.05, 0.1) is 22.4 Å². The summed E-state index contributed by atoms with van der Waals surface area (Å²) >= 11 is 0. The lowest BCUT2D eigenvalue weighted by molar-refractivity contribution is 0.426. The van der Waals surface area contributed by atoms with Crippen molar-refractivity contribution in [3.8, 4) is 50.2 Å². The van der Waals surface area contributed by atoms with Gasteiger partial charge >= 0.3 is 0 Å². The third-order valence-corrected chi connectivity index (χ3v) is 15.2. The van der Waals surface area contributed by atoms with Crippen molar-refractivity contribution in [2.24, 2.45) is 5.92 Å². The molecule has 1 heterocycles. The summed E-state index contributed by atoms with van der Waals surface area (Å²) in [5, 5.41) is 2.49. The van der Waals surface area contributed by atoms with Crippen LogP contribution in [0.2, 0.25) is 0 Å². The van der Waals surface area contributed by atoms with Crippen LogP contribution in [0.4, 0.5) is 17.1 Å². The number of fused-ring (bicyclic) bond motifs is 6. The monoisotopic (exact) mass is 894 g/mol. The highest BCUT2D eigenvalue weighted by Gasteiger charge is 2.50. The summed E-state index contributed by atoms with van der Waals surface area (Å²) in [6, 6.07) is 91.5. The Kier molecular flexibility index (Phi) is 10.1. The fourth-order valence-corrected chi connectivity index (χ4v) is 12.1. The highest BCUT2D eigenvalue weighted by molar-refractivity contribution is 6.16. The first-order valence-electron chi connectivity index (χ1n) is 24.5. The van der Waals surface area contributed by atoms with Gasteiger partial charge in [-0.05, 0) is 104 Å². The minimum atomic E-state index is -0.248. The maximum absolute atomic E-state index is 2.57. The average Bonchev–Trinajstić information content (AvgIpc) is 3.92. The van der Waals surface area contributed by atoms with Crippen molar-refractivity contribution >= 4 is 38.9 Å². The van der Waals surface area contributed by atoms with Gasteiger partial charge in [0.2, 0.25) is 0 Å². The number of anilines is 3. The van der Waals surface area contributed by atoms with Crippen molar-refractivity contribution in [2.45, 2.75) is 18.3 Å². The molecule has 3 atom stereocenters. The summed E-state index contributed by atoms with van der Waals surface area (Å²) in [6.45, 7) is 2.46. The second-order valence-corrected chi connectivity index (χ2v) is 18.9. The smallest absolute Gasteiger partial charge is 0.0547 e. The number of benzene rings is 10. The summed E-state index contributed by atoms with van der Waals surface area (Å²) in [4.78, 5) is 2.57. The van der Waals surface area contributed by atoms with Crippen LogP contribution >= 0.6 is 0 Å². The van der Waals surface area contributed by atoms with E-state index >= 15 is 0 Å². The quantitative estimate of drug-likeness (QED) is 0.140. The predicted octanol–water partition coefficient (Wildman–Crippen LogP) is 18.1. The molecule has 11 aromatic rings. The standard InChI is InChI=1S/C68H50N2/c1-68(49-27-7-3-8-28-49)60-40-18-15-37-58(60)67-61(68)41-23-45-65(67)70(62-42-19-16-36-57(62)56-35-14-13-34-55(56)54-33-12-11-32-52(54)47-24-5-2-6-25-47)51-31-21-26-48(46-51)53-39-22-44-64-66(53)59-38-17-20-43-63(59)69(64)50-29-9-4-10-30-50/h2-46,58,60H,1H3. The number of hydrogen-bond acceptors (Lipinski definition) is 1. The Morgan fingerprint density at radius 1 is 0.414 bits per heavy atom. The van der Waals surface area contributed by atoms with Crippen molar-refractivity contribution in [3.05, 3.63) is 290 Å². The van der Waals surface area contributed by atoms with E-state index in [-0.39, 0.29) is 17.3 Å². The van der Waals surface area contributed by atoms with Gasteiger partial charge in [-0.25, -0.2) is 0 Å². The minimum absolute atomic E-state index is 0.169. The molecule has 332 valence electrons. The van der Waals surface area contributed by atoms with Gasteiger partial charge in [-0.3, -0.25) is 0 Å². The molecular formula is C68H50N2. The van der Waals surface area contributed by atoms with Gasteiger partial charge in [0.25, 0.3) is 0 Å². The van der Waals surface area contributed by atoms with Crippen LogP contribution in [0.5, 0.6) is 0 Å². The Morgan fingerprint density at radius 3 is 1.74 bits per heavy atom. The lowest BCUT2D eigenvalue weighted by Gasteiger charge is -2.34.